The van der Waals surface area contributed by atoms with Crippen LogP contribution in [-0.4, -0.2) is 64.2 Å². The summed E-state index contributed by atoms with van der Waals surface area (Å²) in [5.74, 6) is 1.25. The van der Waals surface area contributed by atoms with Crippen LogP contribution in [0.15, 0.2) is 45.6 Å². The van der Waals surface area contributed by atoms with E-state index in [1.54, 1.807) is 43.4 Å². The number of hydrogen-bond acceptors (Lipinski definition) is 7. The van der Waals surface area contributed by atoms with Gasteiger partial charge >= 0.3 is 0 Å². The second-order valence-electron chi connectivity index (χ2n) is 7.82. The Bertz CT molecular complexity index is 1230. The van der Waals surface area contributed by atoms with Crippen molar-refractivity contribution in [2.24, 2.45) is 0 Å². The number of methoxy groups -OCH3 is 3. The molecule has 1 atom stereocenters. The summed E-state index contributed by atoms with van der Waals surface area (Å²) in [5.41, 5.74) is 1.03. The van der Waals surface area contributed by atoms with Gasteiger partial charge in [-0.15, -0.1) is 0 Å². The summed E-state index contributed by atoms with van der Waals surface area (Å²) in [6, 6.07) is 9.75. The van der Waals surface area contributed by atoms with Crippen LogP contribution in [0.2, 0.25) is 0 Å². The normalized spacial score (nSPS) is 15.4. The molecule has 1 aliphatic heterocycles. The number of ether oxygens (including phenoxy) is 3. The van der Waals surface area contributed by atoms with E-state index in [1.165, 1.54) is 7.11 Å². The summed E-state index contributed by atoms with van der Waals surface area (Å²) in [7, 11) is 8.48. The number of carbonyl (C=O) groups excluding carboxylic acids is 1. The Hall–Kier alpha value is -3.52. The van der Waals surface area contributed by atoms with Crippen LogP contribution < -0.4 is 19.6 Å². The van der Waals surface area contributed by atoms with E-state index in [4.69, 9.17) is 18.6 Å². The number of fused-ring (bicyclic) bond motifs is 2. The zero-order valence-corrected chi connectivity index (χ0v) is 18.8. The van der Waals surface area contributed by atoms with Gasteiger partial charge in [-0.1, -0.05) is 12.1 Å². The SMILES string of the molecule is COc1ccc2c(=O)c3c(oc2c1)C(=O)N(CCN(C)C)[C@@H]3c1cccc(OC)c1OC. The minimum Gasteiger partial charge on any atom is -0.497 e. The number of likely N-dealkylation sites (N-methyl/N-ethyl adjacent to an activating group) is 1. The fourth-order valence-corrected chi connectivity index (χ4v) is 4.11. The van der Waals surface area contributed by atoms with Crippen molar-refractivity contribution in [3.63, 3.8) is 0 Å². The molecule has 0 unspecified atom stereocenters. The first-order valence-corrected chi connectivity index (χ1v) is 10.2. The molecular formula is C24H26N2O6. The van der Waals surface area contributed by atoms with E-state index in [1.807, 2.05) is 31.1 Å². The first-order valence-electron chi connectivity index (χ1n) is 10.2. The van der Waals surface area contributed by atoms with Crippen molar-refractivity contribution >= 4 is 16.9 Å². The second-order valence-corrected chi connectivity index (χ2v) is 7.82. The van der Waals surface area contributed by atoms with Gasteiger partial charge in [0.25, 0.3) is 5.91 Å². The highest BCUT2D eigenvalue weighted by molar-refractivity contribution is 5.99. The molecule has 0 saturated heterocycles. The van der Waals surface area contributed by atoms with Gasteiger partial charge < -0.3 is 28.4 Å². The topological polar surface area (TPSA) is 81.5 Å². The lowest BCUT2D eigenvalue weighted by Gasteiger charge is -2.28. The quantitative estimate of drug-likeness (QED) is 0.561. The van der Waals surface area contributed by atoms with Crippen molar-refractivity contribution in [1.82, 2.24) is 9.80 Å². The molecule has 1 aromatic heterocycles. The number of carbonyl (C=O) groups is 1. The molecule has 0 spiro atoms. The third kappa shape index (κ3) is 3.46. The lowest BCUT2D eigenvalue weighted by atomic mass is 9.97. The van der Waals surface area contributed by atoms with E-state index >= 15 is 0 Å². The predicted molar refractivity (Wildman–Crippen MR) is 120 cm³/mol. The molecule has 0 fully saturated rings. The fraction of sp³-hybridized carbons (Fsp3) is 0.333. The summed E-state index contributed by atoms with van der Waals surface area (Å²) in [5, 5.41) is 0.388. The van der Waals surface area contributed by atoms with Crippen molar-refractivity contribution in [3.05, 3.63) is 63.5 Å². The Morgan fingerprint density at radius 3 is 2.47 bits per heavy atom. The van der Waals surface area contributed by atoms with Gasteiger partial charge in [-0.05, 0) is 32.3 Å². The number of benzene rings is 2. The third-order valence-electron chi connectivity index (χ3n) is 5.69. The van der Waals surface area contributed by atoms with Crippen LogP contribution >= 0.6 is 0 Å². The van der Waals surface area contributed by atoms with Gasteiger partial charge in [0.05, 0.1) is 38.3 Å². The Morgan fingerprint density at radius 1 is 1.03 bits per heavy atom. The Morgan fingerprint density at radius 2 is 1.81 bits per heavy atom. The maximum atomic E-state index is 13.6. The average Bonchev–Trinajstić information content (AvgIpc) is 3.08. The van der Waals surface area contributed by atoms with Crippen LogP contribution in [0.1, 0.15) is 27.7 Å². The zero-order valence-electron chi connectivity index (χ0n) is 18.8. The molecule has 2 aromatic carbocycles. The molecule has 2 heterocycles. The predicted octanol–water partition coefficient (Wildman–Crippen LogP) is 2.93. The molecule has 8 heteroatoms. The van der Waals surface area contributed by atoms with E-state index < -0.39 is 6.04 Å². The molecule has 8 nitrogen and oxygen atoms in total. The molecule has 3 aromatic rings. The van der Waals surface area contributed by atoms with Crippen LogP contribution in [-0.2, 0) is 0 Å². The molecule has 32 heavy (non-hydrogen) atoms. The van der Waals surface area contributed by atoms with Crippen LogP contribution in [0, 0.1) is 0 Å². The maximum Gasteiger partial charge on any atom is 0.290 e. The van der Waals surface area contributed by atoms with Gasteiger partial charge in [0.15, 0.2) is 16.9 Å². The highest BCUT2D eigenvalue weighted by Crippen LogP contribution is 2.44. The van der Waals surface area contributed by atoms with Crippen LogP contribution in [0.25, 0.3) is 11.0 Å². The van der Waals surface area contributed by atoms with Crippen LogP contribution in [0.3, 0.4) is 0 Å². The Balaban J connectivity index is 1.99. The van der Waals surface area contributed by atoms with Crippen LogP contribution in [0.4, 0.5) is 0 Å². The van der Waals surface area contributed by atoms with Crippen molar-refractivity contribution in [2.75, 3.05) is 48.5 Å². The summed E-state index contributed by atoms with van der Waals surface area (Å²) in [6.45, 7) is 1.02. The monoisotopic (exact) mass is 438 g/mol. The number of amides is 1. The van der Waals surface area contributed by atoms with E-state index in [-0.39, 0.29) is 17.1 Å². The number of hydrogen-bond donors (Lipinski definition) is 0. The van der Waals surface area contributed by atoms with Gasteiger partial charge in [0, 0.05) is 24.7 Å². The molecule has 4 rings (SSSR count). The minimum absolute atomic E-state index is 0.0457. The average molecular weight is 438 g/mol. The molecule has 0 bridgehead atoms. The Labute approximate surface area is 185 Å². The molecule has 1 aliphatic rings. The summed E-state index contributed by atoms with van der Waals surface area (Å²) in [4.78, 5) is 30.7. The first-order chi connectivity index (χ1) is 15.4. The zero-order chi connectivity index (χ0) is 23.0. The van der Waals surface area contributed by atoms with E-state index in [0.29, 0.717) is 52.4 Å². The highest BCUT2D eigenvalue weighted by atomic mass is 16.5. The van der Waals surface area contributed by atoms with E-state index in [9.17, 15) is 9.59 Å². The van der Waals surface area contributed by atoms with Crippen molar-refractivity contribution in [1.29, 1.82) is 0 Å². The largest absolute Gasteiger partial charge is 0.497 e. The molecule has 0 aliphatic carbocycles. The first kappa shape index (κ1) is 21.7. The lowest BCUT2D eigenvalue weighted by molar-refractivity contribution is 0.0715. The van der Waals surface area contributed by atoms with Gasteiger partial charge in [0.1, 0.15) is 11.3 Å². The van der Waals surface area contributed by atoms with Crippen molar-refractivity contribution in [2.45, 2.75) is 6.04 Å². The van der Waals surface area contributed by atoms with Gasteiger partial charge in [-0.25, -0.2) is 0 Å². The van der Waals surface area contributed by atoms with Crippen LogP contribution in [0.5, 0.6) is 17.2 Å². The van der Waals surface area contributed by atoms with Gasteiger partial charge in [-0.2, -0.15) is 0 Å². The maximum absolute atomic E-state index is 13.6. The summed E-state index contributed by atoms with van der Waals surface area (Å²) < 4.78 is 22.3. The second kappa shape index (κ2) is 8.55. The highest BCUT2D eigenvalue weighted by Gasteiger charge is 2.44. The molecule has 0 N–H and O–H groups in total. The van der Waals surface area contributed by atoms with E-state index in [2.05, 4.69) is 0 Å². The van der Waals surface area contributed by atoms with Gasteiger partial charge in [0.2, 0.25) is 5.76 Å². The van der Waals surface area contributed by atoms with Crippen molar-refractivity contribution in [3.8, 4) is 17.2 Å². The fourth-order valence-electron chi connectivity index (χ4n) is 4.11. The smallest absolute Gasteiger partial charge is 0.290 e. The lowest BCUT2D eigenvalue weighted by Crippen LogP contribution is -2.35. The van der Waals surface area contributed by atoms with Gasteiger partial charge in [-0.3, -0.25) is 9.59 Å². The summed E-state index contributed by atoms with van der Waals surface area (Å²) >= 11 is 0. The van der Waals surface area contributed by atoms with Crippen molar-refractivity contribution < 1.29 is 23.4 Å². The molecule has 0 radical (unpaired) electrons. The minimum atomic E-state index is -0.662. The summed E-state index contributed by atoms with van der Waals surface area (Å²) in [6.07, 6.45) is 0. The molecule has 0 saturated carbocycles. The number of nitrogens with zero attached hydrogens (tertiary/aromatic N) is 2. The third-order valence-corrected chi connectivity index (χ3v) is 5.69. The molecule has 168 valence electrons. The number of para-hydroxylation sites is 1. The molecule has 1 amide bonds. The Kier molecular flexibility index (Phi) is 5.80. The standard InChI is InChI=1S/C24H26N2O6/c1-25(2)11-12-26-20(16-7-6-8-17(30-4)22(16)31-5)19-21(27)15-10-9-14(29-3)13-18(15)32-23(19)24(26)28/h6-10,13,20H,11-12H2,1-5H3/t20-/m1/s1. The van der Waals surface area contributed by atoms with E-state index in [0.717, 1.165) is 0 Å². The molecular weight excluding hydrogens is 412 g/mol. The number of rotatable bonds is 7.